The van der Waals surface area contributed by atoms with E-state index >= 15 is 0 Å². The lowest BCUT2D eigenvalue weighted by Crippen LogP contribution is -2.14. The topological polar surface area (TPSA) is 52.6 Å². The zero-order valence-corrected chi connectivity index (χ0v) is 5.92. The molecular weight excluding hydrogens is 136 g/mol. The van der Waals surface area contributed by atoms with Crippen molar-refractivity contribution in [2.75, 3.05) is 13.7 Å². The number of carbonyl (C=O) groups excluding carboxylic acids is 2. The molecule has 4 heteroatoms. The summed E-state index contributed by atoms with van der Waals surface area (Å²) in [6.45, 7) is 1.21. The molecule has 0 aromatic heterocycles. The van der Waals surface area contributed by atoms with Gasteiger partial charge < -0.3 is 9.47 Å². The SMILES string of the molecule is C[CH]C(=O)OCC(=O)OC. The van der Waals surface area contributed by atoms with E-state index in [1.54, 1.807) is 0 Å². The van der Waals surface area contributed by atoms with E-state index in [0.717, 1.165) is 0 Å². The summed E-state index contributed by atoms with van der Waals surface area (Å²) in [7, 11) is 1.23. The molecule has 0 bridgehead atoms. The van der Waals surface area contributed by atoms with Crippen molar-refractivity contribution in [1.82, 2.24) is 0 Å². The number of ether oxygens (including phenoxy) is 2. The van der Waals surface area contributed by atoms with Crippen molar-refractivity contribution in [3.05, 3.63) is 6.42 Å². The van der Waals surface area contributed by atoms with Gasteiger partial charge in [0.1, 0.15) is 0 Å². The molecule has 1 radical (unpaired) electrons. The third kappa shape index (κ3) is 3.88. The maximum Gasteiger partial charge on any atom is 0.344 e. The van der Waals surface area contributed by atoms with E-state index in [2.05, 4.69) is 9.47 Å². The van der Waals surface area contributed by atoms with Crippen LogP contribution in [0.1, 0.15) is 6.92 Å². The quantitative estimate of drug-likeness (QED) is 0.521. The summed E-state index contributed by atoms with van der Waals surface area (Å²) >= 11 is 0. The molecule has 0 unspecified atom stereocenters. The van der Waals surface area contributed by atoms with E-state index < -0.39 is 11.9 Å². The van der Waals surface area contributed by atoms with E-state index in [9.17, 15) is 9.59 Å². The van der Waals surface area contributed by atoms with Crippen LogP contribution < -0.4 is 0 Å². The van der Waals surface area contributed by atoms with Gasteiger partial charge in [0.15, 0.2) is 6.61 Å². The first kappa shape index (κ1) is 8.94. The van der Waals surface area contributed by atoms with Gasteiger partial charge in [0.25, 0.3) is 0 Å². The van der Waals surface area contributed by atoms with Crippen molar-refractivity contribution in [2.24, 2.45) is 0 Å². The van der Waals surface area contributed by atoms with Crippen LogP contribution in [-0.4, -0.2) is 25.7 Å². The lowest BCUT2D eigenvalue weighted by molar-refractivity contribution is -0.154. The van der Waals surface area contributed by atoms with Crippen molar-refractivity contribution in [1.29, 1.82) is 0 Å². The molecule has 0 saturated heterocycles. The molecular formula is C6H9O4. The van der Waals surface area contributed by atoms with Crippen LogP contribution in [0, 0.1) is 6.42 Å². The van der Waals surface area contributed by atoms with Crippen LogP contribution in [-0.2, 0) is 19.1 Å². The number of carbonyl (C=O) groups is 2. The highest BCUT2D eigenvalue weighted by atomic mass is 16.6. The summed E-state index contributed by atoms with van der Waals surface area (Å²) in [5, 5.41) is 0. The summed E-state index contributed by atoms with van der Waals surface area (Å²) in [5.41, 5.74) is 0. The van der Waals surface area contributed by atoms with Crippen LogP contribution in [0.3, 0.4) is 0 Å². The van der Waals surface area contributed by atoms with Crippen molar-refractivity contribution >= 4 is 11.9 Å². The average Bonchev–Trinajstić information content (AvgIpc) is 1.99. The molecule has 0 aromatic carbocycles. The molecule has 0 spiro atoms. The van der Waals surface area contributed by atoms with Crippen LogP contribution in [0.15, 0.2) is 0 Å². The van der Waals surface area contributed by atoms with Crippen molar-refractivity contribution < 1.29 is 19.1 Å². The highest BCUT2D eigenvalue weighted by molar-refractivity contribution is 5.81. The van der Waals surface area contributed by atoms with E-state index in [0.29, 0.717) is 0 Å². The Kier molecular flexibility index (Phi) is 4.28. The molecule has 0 heterocycles. The summed E-state index contributed by atoms with van der Waals surface area (Å²) in [5.74, 6) is -1.08. The van der Waals surface area contributed by atoms with Gasteiger partial charge in [-0.25, -0.2) is 4.79 Å². The Labute approximate surface area is 59.1 Å². The van der Waals surface area contributed by atoms with Gasteiger partial charge >= 0.3 is 11.9 Å². The molecule has 4 nitrogen and oxygen atoms in total. The van der Waals surface area contributed by atoms with Crippen LogP contribution >= 0.6 is 0 Å². The number of esters is 2. The number of hydrogen-bond donors (Lipinski definition) is 0. The molecule has 0 amide bonds. The first-order valence-electron chi connectivity index (χ1n) is 2.73. The fraction of sp³-hybridized carbons (Fsp3) is 0.500. The van der Waals surface area contributed by atoms with Gasteiger partial charge in [-0.15, -0.1) is 0 Å². The van der Waals surface area contributed by atoms with Crippen LogP contribution in [0.25, 0.3) is 0 Å². The minimum Gasteiger partial charge on any atom is -0.466 e. The first-order valence-corrected chi connectivity index (χ1v) is 2.73. The Bertz CT molecular complexity index is 114. The average molecular weight is 145 g/mol. The van der Waals surface area contributed by atoms with Crippen LogP contribution in [0.4, 0.5) is 0 Å². The smallest absolute Gasteiger partial charge is 0.344 e. The second-order valence-corrected chi connectivity index (χ2v) is 1.47. The minimum absolute atomic E-state index is 0.320. The van der Waals surface area contributed by atoms with E-state index in [4.69, 9.17) is 0 Å². The van der Waals surface area contributed by atoms with Gasteiger partial charge in [0.2, 0.25) is 0 Å². The van der Waals surface area contributed by atoms with Gasteiger partial charge in [-0.1, -0.05) is 6.92 Å². The second kappa shape index (κ2) is 4.78. The molecule has 10 heavy (non-hydrogen) atoms. The fourth-order valence-corrected chi connectivity index (χ4v) is 0.272. The molecule has 0 aliphatic carbocycles. The Hall–Kier alpha value is -1.06. The van der Waals surface area contributed by atoms with E-state index in [1.165, 1.54) is 20.5 Å². The third-order valence-electron chi connectivity index (χ3n) is 0.796. The molecule has 0 aliphatic heterocycles. The maximum atomic E-state index is 10.3. The molecule has 0 aromatic rings. The highest BCUT2D eigenvalue weighted by Gasteiger charge is 2.03. The largest absolute Gasteiger partial charge is 0.466 e. The van der Waals surface area contributed by atoms with Crippen molar-refractivity contribution in [2.45, 2.75) is 6.92 Å². The molecule has 57 valence electrons. The molecule has 0 N–H and O–H groups in total. The Morgan fingerprint density at radius 2 is 2.10 bits per heavy atom. The normalized spacial score (nSPS) is 8.60. The Morgan fingerprint density at radius 3 is 2.50 bits per heavy atom. The predicted octanol–water partition coefficient (Wildman–Crippen LogP) is -0.0732. The second-order valence-electron chi connectivity index (χ2n) is 1.47. The minimum atomic E-state index is -0.560. The van der Waals surface area contributed by atoms with Gasteiger partial charge in [-0.2, -0.15) is 0 Å². The molecule has 0 aliphatic rings. The number of rotatable bonds is 3. The van der Waals surface area contributed by atoms with Gasteiger partial charge in [-0.3, -0.25) is 4.79 Å². The molecule has 0 rings (SSSR count). The predicted molar refractivity (Wildman–Crippen MR) is 32.9 cm³/mol. The summed E-state index contributed by atoms with van der Waals surface area (Å²) in [4.78, 5) is 20.7. The van der Waals surface area contributed by atoms with Crippen LogP contribution in [0.2, 0.25) is 0 Å². The highest BCUT2D eigenvalue weighted by Crippen LogP contribution is 1.83. The van der Waals surface area contributed by atoms with Crippen molar-refractivity contribution in [3.63, 3.8) is 0 Å². The number of hydrogen-bond acceptors (Lipinski definition) is 4. The Balaban J connectivity index is 3.35. The summed E-state index contributed by atoms with van der Waals surface area (Å²) in [6, 6.07) is 0. The van der Waals surface area contributed by atoms with E-state index in [-0.39, 0.29) is 6.61 Å². The van der Waals surface area contributed by atoms with Gasteiger partial charge in [-0.05, 0) is 0 Å². The van der Waals surface area contributed by atoms with Crippen molar-refractivity contribution in [3.8, 4) is 0 Å². The van der Waals surface area contributed by atoms with E-state index in [1.807, 2.05) is 0 Å². The molecule has 0 atom stereocenters. The fourth-order valence-electron chi connectivity index (χ4n) is 0.272. The van der Waals surface area contributed by atoms with Crippen LogP contribution in [0.5, 0.6) is 0 Å². The lowest BCUT2D eigenvalue weighted by atomic mass is 10.5. The maximum absolute atomic E-state index is 10.3. The standard InChI is InChI=1S/C6H9O4/c1-3-5(7)10-4-6(8)9-2/h3H,4H2,1-2H3. The molecule has 0 fully saturated rings. The van der Waals surface area contributed by atoms with Gasteiger partial charge in [0.05, 0.1) is 13.5 Å². The van der Waals surface area contributed by atoms with Gasteiger partial charge in [0, 0.05) is 0 Å². The summed E-state index contributed by atoms with van der Waals surface area (Å²) in [6.07, 6.45) is 1.23. The number of methoxy groups -OCH3 is 1. The summed E-state index contributed by atoms with van der Waals surface area (Å²) < 4.78 is 8.59. The third-order valence-corrected chi connectivity index (χ3v) is 0.796. The lowest BCUT2D eigenvalue weighted by Gasteiger charge is -1.99. The monoisotopic (exact) mass is 145 g/mol. The zero-order chi connectivity index (χ0) is 7.98. The molecule has 0 saturated carbocycles. The first-order chi connectivity index (χ1) is 4.70. The zero-order valence-electron chi connectivity index (χ0n) is 5.92. The Morgan fingerprint density at radius 1 is 1.50 bits per heavy atom.